The Hall–Kier alpha value is -2.89. The second-order valence-corrected chi connectivity index (χ2v) is 6.44. The van der Waals surface area contributed by atoms with Gasteiger partial charge in [0, 0.05) is 23.6 Å². The van der Waals surface area contributed by atoms with Crippen LogP contribution in [0.5, 0.6) is 0 Å². The standard InChI is InChI=1S/C20H23N3O3/c1-26-20(25)14-6-5-9-16(12-14)22-17-10-11-21-18(13-17)19(24)23-15-7-3-2-4-8-15/h5-6,9-13,15H,2-4,7-8H2,1H3,(H,21,22)(H,23,24). The molecule has 1 aromatic heterocycles. The van der Waals surface area contributed by atoms with Crippen molar-refractivity contribution in [1.29, 1.82) is 0 Å². The molecule has 1 amide bonds. The van der Waals surface area contributed by atoms with Crippen molar-refractivity contribution in [2.24, 2.45) is 0 Å². The zero-order chi connectivity index (χ0) is 18.4. The molecule has 0 spiro atoms. The van der Waals surface area contributed by atoms with Gasteiger partial charge in [-0.05, 0) is 43.2 Å². The average molecular weight is 353 g/mol. The van der Waals surface area contributed by atoms with Crippen molar-refractivity contribution in [3.05, 3.63) is 53.9 Å². The predicted octanol–water partition coefficient (Wildman–Crippen LogP) is 3.67. The summed E-state index contributed by atoms with van der Waals surface area (Å²) in [6, 6.07) is 10.7. The summed E-state index contributed by atoms with van der Waals surface area (Å²) in [5.41, 5.74) is 2.31. The Kier molecular flexibility index (Phi) is 5.84. The van der Waals surface area contributed by atoms with Gasteiger partial charge in [0.1, 0.15) is 5.69 Å². The fourth-order valence-electron chi connectivity index (χ4n) is 3.15. The fraction of sp³-hybridized carbons (Fsp3) is 0.350. The number of nitrogens with zero attached hydrogens (tertiary/aromatic N) is 1. The van der Waals surface area contributed by atoms with Gasteiger partial charge in [-0.3, -0.25) is 9.78 Å². The quantitative estimate of drug-likeness (QED) is 0.802. The van der Waals surface area contributed by atoms with Gasteiger partial charge in [-0.1, -0.05) is 25.3 Å². The third-order valence-corrected chi connectivity index (χ3v) is 4.51. The van der Waals surface area contributed by atoms with Crippen LogP contribution in [0.1, 0.15) is 53.0 Å². The van der Waals surface area contributed by atoms with Crippen LogP contribution in [0, 0.1) is 0 Å². The molecule has 0 radical (unpaired) electrons. The van der Waals surface area contributed by atoms with Crippen LogP contribution in [-0.4, -0.2) is 30.0 Å². The number of nitrogens with one attached hydrogen (secondary N) is 2. The molecular weight excluding hydrogens is 330 g/mol. The van der Waals surface area contributed by atoms with Crippen LogP contribution in [0.15, 0.2) is 42.6 Å². The zero-order valence-electron chi connectivity index (χ0n) is 14.8. The van der Waals surface area contributed by atoms with E-state index in [0.29, 0.717) is 11.3 Å². The first-order valence-electron chi connectivity index (χ1n) is 8.88. The lowest BCUT2D eigenvalue weighted by molar-refractivity contribution is 0.0600. The number of anilines is 2. The lowest BCUT2D eigenvalue weighted by Gasteiger charge is -2.22. The highest BCUT2D eigenvalue weighted by Crippen LogP contribution is 2.20. The van der Waals surface area contributed by atoms with Gasteiger partial charge in [0.05, 0.1) is 12.7 Å². The molecule has 6 heteroatoms. The van der Waals surface area contributed by atoms with Gasteiger partial charge >= 0.3 is 5.97 Å². The molecule has 136 valence electrons. The Morgan fingerprint density at radius 1 is 1.08 bits per heavy atom. The van der Waals surface area contributed by atoms with Gasteiger partial charge in [-0.2, -0.15) is 0 Å². The monoisotopic (exact) mass is 353 g/mol. The van der Waals surface area contributed by atoms with E-state index in [1.54, 1.807) is 36.5 Å². The van der Waals surface area contributed by atoms with E-state index in [0.717, 1.165) is 37.1 Å². The first-order valence-corrected chi connectivity index (χ1v) is 8.88. The summed E-state index contributed by atoms with van der Waals surface area (Å²) in [4.78, 5) is 28.3. The minimum Gasteiger partial charge on any atom is -0.465 e. The van der Waals surface area contributed by atoms with E-state index in [2.05, 4.69) is 15.6 Å². The molecule has 26 heavy (non-hydrogen) atoms. The number of ether oxygens (including phenoxy) is 1. The highest BCUT2D eigenvalue weighted by Gasteiger charge is 2.17. The van der Waals surface area contributed by atoms with Crippen molar-refractivity contribution < 1.29 is 14.3 Å². The lowest BCUT2D eigenvalue weighted by Crippen LogP contribution is -2.36. The molecule has 1 aromatic carbocycles. The van der Waals surface area contributed by atoms with Gasteiger partial charge in [0.15, 0.2) is 0 Å². The Labute approximate surface area is 153 Å². The van der Waals surface area contributed by atoms with E-state index in [9.17, 15) is 9.59 Å². The minimum atomic E-state index is -0.393. The van der Waals surface area contributed by atoms with Crippen LogP contribution in [0.25, 0.3) is 0 Å². The molecular formula is C20H23N3O3. The second-order valence-electron chi connectivity index (χ2n) is 6.44. The van der Waals surface area contributed by atoms with Gasteiger partial charge in [-0.15, -0.1) is 0 Å². The largest absolute Gasteiger partial charge is 0.465 e. The van der Waals surface area contributed by atoms with Crippen LogP contribution in [0.4, 0.5) is 11.4 Å². The molecule has 1 heterocycles. The van der Waals surface area contributed by atoms with E-state index in [-0.39, 0.29) is 11.9 Å². The summed E-state index contributed by atoms with van der Waals surface area (Å²) in [5.74, 6) is -0.542. The molecule has 1 fully saturated rings. The number of benzene rings is 1. The number of carbonyl (C=O) groups excluding carboxylic acids is 2. The molecule has 1 aliphatic rings. The molecule has 0 unspecified atom stereocenters. The number of methoxy groups -OCH3 is 1. The van der Waals surface area contributed by atoms with Crippen LogP contribution in [0.2, 0.25) is 0 Å². The number of amides is 1. The van der Waals surface area contributed by atoms with Crippen LogP contribution >= 0.6 is 0 Å². The number of hydrogen-bond acceptors (Lipinski definition) is 5. The highest BCUT2D eigenvalue weighted by atomic mass is 16.5. The molecule has 2 aromatic rings. The number of hydrogen-bond donors (Lipinski definition) is 2. The summed E-state index contributed by atoms with van der Waals surface area (Å²) < 4.78 is 4.73. The van der Waals surface area contributed by atoms with E-state index < -0.39 is 5.97 Å². The molecule has 0 saturated heterocycles. The maximum atomic E-state index is 12.4. The summed E-state index contributed by atoms with van der Waals surface area (Å²) in [6.45, 7) is 0. The molecule has 0 atom stereocenters. The van der Waals surface area contributed by atoms with Gasteiger partial charge in [0.25, 0.3) is 5.91 Å². The number of esters is 1. The first kappa shape index (κ1) is 17.9. The number of carbonyl (C=O) groups is 2. The normalized spacial score (nSPS) is 14.5. The smallest absolute Gasteiger partial charge is 0.337 e. The summed E-state index contributed by atoms with van der Waals surface area (Å²) in [6.07, 6.45) is 7.23. The summed E-state index contributed by atoms with van der Waals surface area (Å²) in [7, 11) is 1.35. The van der Waals surface area contributed by atoms with E-state index >= 15 is 0 Å². The van der Waals surface area contributed by atoms with Crippen LogP contribution in [0.3, 0.4) is 0 Å². The Morgan fingerprint density at radius 2 is 1.85 bits per heavy atom. The summed E-state index contributed by atoms with van der Waals surface area (Å²) in [5, 5.41) is 6.26. The predicted molar refractivity (Wildman–Crippen MR) is 99.6 cm³/mol. The minimum absolute atomic E-state index is 0.149. The molecule has 0 aliphatic heterocycles. The average Bonchev–Trinajstić information content (AvgIpc) is 2.68. The van der Waals surface area contributed by atoms with Crippen LogP contribution < -0.4 is 10.6 Å². The molecule has 0 bridgehead atoms. The van der Waals surface area contributed by atoms with Gasteiger partial charge in [-0.25, -0.2) is 4.79 Å². The van der Waals surface area contributed by atoms with Crippen molar-refractivity contribution in [2.45, 2.75) is 38.1 Å². The molecule has 6 nitrogen and oxygen atoms in total. The molecule has 2 N–H and O–H groups in total. The Morgan fingerprint density at radius 3 is 2.62 bits per heavy atom. The molecule has 1 aliphatic carbocycles. The zero-order valence-corrected chi connectivity index (χ0v) is 14.8. The molecule has 3 rings (SSSR count). The van der Waals surface area contributed by atoms with Gasteiger partial charge in [0.2, 0.25) is 0 Å². The Bertz CT molecular complexity index is 785. The van der Waals surface area contributed by atoms with E-state index in [1.807, 2.05) is 6.07 Å². The van der Waals surface area contributed by atoms with Crippen molar-refractivity contribution >= 4 is 23.3 Å². The Balaban J connectivity index is 1.69. The third-order valence-electron chi connectivity index (χ3n) is 4.51. The number of aromatic nitrogens is 1. The highest BCUT2D eigenvalue weighted by molar-refractivity contribution is 5.93. The van der Waals surface area contributed by atoms with Crippen molar-refractivity contribution in [3.8, 4) is 0 Å². The van der Waals surface area contributed by atoms with E-state index in [1.165, 1.54) is 13.5 Å². The first-order chi connectivity index (χ1) is 12.7. The maximum Gasteiger partial charge on any atom is 0.337 e. The van der Waals surface area contributed by atoms with Crippen molar-refractivity contribution in [2.75, 3.05) is 12.4 Å². The second kappa shape index (κ2) is 8.47. The molecule has 1 saturated carbocycles. The van der Waals surface area contributed by atoms with Crippen molar-refractivity contribution in [3.63, 3.8) is 0 Å². The third kappa shape index (κ3) is 4.59. The SMILES string of the molecule is COC(=O)c1cccc(Nc2ccnc(C(=O)NC3CCCCC3)c2)c1. The number of rotatable bonds is 5. The van der Waals surface area contributed by atoms with E-state index in [4.69, 9.17) is 4.74 Å². The number of pyridine rings is 1. The summed E-state index contributed by atoms with van der Waals surface area (Å²) >= 11 is 0. The maximum absolute atomic E-state index is 12.4. The topological polar surface area (TPSA) is 80.3 Å². The fourth-order valence-corrected chi connectivity index (χ4v) is 3.15. The van der Waals surface area contributed by atoms with Crippen molar-refractivity contribution in [1.82, 2.24) is 10.3 Å². The van der Waals surface area contributed by atoms with Gasteiger partial charge < -0.3 is 15.4 Å². The van der Waals surface area contributed by atoms with Crippen LogP contribution in [-0.2, 0) is 4.74 Å². The lowest BCUT2D eigenvalue weighted by atomic mass is 9.95.